The van der Waals surface area contributed by atoms with E-state index in [1.807, 2.05) is 53.7 Å². The standard InChI is InChI=1S/C18H22N6O2S3/c1-9-7-11(3)23(21-9)15(25)13(5)27-17-19-20-18(29-17)28-14(6)16(26)24-12(4)8-10(2)22-24/h7-8,13-14H,1-6H3/t13-,14-/m0/s1. The Hall–Kier alpha value is -1.98. The van der Waals surface area contributed by atoms with Crippen LogP contribution in [-0.2, 0) is 0 Å². The van der Waals surface area contributed by atoms with E-state index in [2.05, 4.69) is 20.4 Å². The molecule has 3 aromatic rings. The zero-order valence-corrected chi connectivity index (χ0v) is 19.5. The van der Waals surface area contributed by atoms with E-state index in [0.717, 1.165) is 22.8 Å². The third kappa shape index (κ3) is 4.96. The molecule has 0 amide bonds. The van der Waals surface area contributed by atoms with Crippen molar-refractivity contribution in [2.45, 2.75) is 60.7 Å². The van der Waals surface area contributed by atoms with Crippen LogP contribution >= 0.6 is 34.9 Å². The van der Waals surface area contributed by atoms with Crippen molar-refractivity contribution >= 4 is 46.7 Å². The predicted octanol–water partition coefficient (Wildman–Crippen LogP) is 3.81. The first kappa shape index (κ1) is 21.7. The summed E-state index contributed by atoms with van der Waals surface area (Å²) < 4.78 is 4.22. The number of hydrogen-bond donors (Lipinski definition) is 0. The first-order chi connectivity index (χ1) is 13.7. The van der Waals surface area contributed by atoms with E-state index in [4.69, 9.17) is 0 Å². The second-order valence-electron chi connectivity index (χ2n) is 6.71. The summed E-state index contributed by atoms with van der Waals surface area (Å²) in [4.78, 5) is 25.2. The summed E-state index contributed by atoms with van der Waals surface area (Å²) in [6, 6.07) is 3.74. The summed E-state index contributed by atoms with van der Waals surface area (Å²) in [5.74, 6) is -0.198. The lowest BCUT2D eigenvalue weighted by atomic mass is 10.4. The van der Waals surface area contributed by atoms with Gasteiger partial charge < -0.3 is 0 Å². The lowest BCUT2D eigenvalue weighted by Crippen LogP contribution is -2.23. The minimum Gasteiger partial charge on any atom is -0.271 e. The summed E-state index contributed by atoms with van der Waals surface area (Å²) in [6.45, 7) is 11.1. The van der Waals surface area contributed by atoms with E-state index >= 15 is 0 Å². The van der Waals surface area contributed by atoms with Gasteiger partial charge in [-0.1, -0.05) is 34.9 Å². The molecule has 0 bridgehead atoms. The fourth-order valence-corrected chi connectivity index (χ4v) is 6.12. The SMILES string of the molecule is Cc1cc(C)n(C(=O)[C@H](C)Sc2nnc(S[C@@H](C)C(=O)n3nc(C)cc3C)s2)n1. The molecule has 0 N–H and O–H groups in total. The molecular formula is C18H22N6O2S3. The van der Waals surface area contributed by atoms with Crippen LogP contribution in [0.4, 0.5) is 0 Å². The molecule has 0 aliphatic carbocycles. The Kier molecular flexibility index (Phi) is 6.59. The largest absolute Gasteiger partial charge is 0.271 e. The third-order valence-electron chi connectivity index (χ3n) is 4.08. The second-order valence-corrected chi connectivity index (χ2v) is 10.9. The van der Waals surface area contributed by atoms with Gasteiger partial charge in [-0.05, 0) is 53.7 Å². The number of carbonyl (C=O) groups excluding carboxylic acids is 2. The monoisotopic (exact) mass is 450 g/mol. The normalized spacial score (nSPS) is 13.4. The lowest BCUT2D eigenvalue weighted by Gasteiger charge is -2.09. The number of aromatic nitrogens is 6. The van der Waals surface area contributed by atoms with Crippen LogP contribution in [0.15, 0.2) is 20.8 Å². The second kappa shape index (κ2) is 8.80. The minimum absolute atomic E-state index is 0.0990. The van der Waals surface area contributed by atoms with E-state index in [0.29, 0.717) is 8.68 Å². The highest BCUT2D eigenvalue weighted by Crippen LogP contribution is 2.34. The zero-order valence-electron chi connectivity index (χ0n) is 17.0. The van der Waals surface area contributed by atoms with Crippen molar-refractivity contribution < 1.29 is 9.59 Å². The molecule has 3 aromatic heterocycles. The van der Waals surface area contributed by atoms with Crippen molar-refractivity contribution in [3.63, 3.8) is 0 Å². The number of rotatable bonds is 6. The smallest absolute Gasteiger partial charge is 0.260 e. The van der Waals surface area contributed by atoms with Crippen molar-refractivity contribution in [1.82, 2.24) is 29.8 Å². The van der Waals surface area contributed by atoms with E-state index in [9.17, 15) is 9.59 Å². The van der Waals surface area contributed by atoms with Crippen molar-refractivity contribution in [3.8, 4) is 0 Å². The van der Waals surface area contributed by atoms with Crippen molar-refractivity contribution in [1.29, 1.82) is 0 Å². The first-order valence-electron chi connectivity index (χ1n) is 8.97. The van der Waals surface area contributed by atoms with Crippen molar-refractivity contribution in [2.24, 2.45) is 0 Å². The average Bonchev–Trinajstić information content (AvgIpc) is 3.32. The van der Waals surface area contributed by atoms with E-state index in [-0.39, 0.29) is 22.3 Å². The van der Waals surface area contributed by atoms with Crippen molar-refractivity contribution in [3.05, 3.63) is 34.9 Å². The Morgan fingerprint density at radius 2 is 1.21 bits per heavy atom. The Labute approximate surface area is 181 Å². The van der Waals surface area contributed by atoms with Gasteiger partial charge in [0.05, 0.1) is 21.9 Å². The number of thioether (sulfide) groups is 2. The Morgan fingerprint density at radius 3 is 1.52 bits per heavy atom. The van der Waals surface area contributed by atoms with Crippen LogP contribution in [0.3, 0.4) is 0 Å². The van der Waals surface area contributed by atoms with Crippen LogP contribution in [0, 0.1) is 27.7 Å². The molecule has 0 aliphatic heterocycles. The van der Waals surface area contributed by atoms with E-state index in [1.165, 1.54) is 44.2 Å². The Balaban J connectivity index is 1.63. The van der Waals surface area contributed by atoms with Crippen LogP contribution in [0.1, 0.15) is 46.2 Å². The van der Waals surface area contributed by atoms with Crippen LogP contribution in [0.2, 0.25) is 0 Å². The van der Waals surface area contributed by atoms with Crippen LogP contribution in [0.25, 0.3) is 0 Å². The summed E-state index contributed by atoms with van der Waals surface area (Å²) in [5.41, 5.74) is 3.24. The molecule has 29 heavy (non-hydrogen) atoms. The number of hydrogen-bond acceptors (Lipinski definition) is 9. The van der Waals surface area contributed by atoms with Gasteiger partial charge in [-0.2, -0.15) is 10.2 Å². The number of carbonyl (C=O) groups is 2. The summed E-state index contributed by atoms with van der Waals surface area (Å²) in [6.07, 6.45) is 0. The maximum atomic E-state index is 12.6. The molecule has 0 saturated carbocycles. The van der Waals surface area contributed by atoms with Gasteiger partial charge >= 0.3 is 0 Å². The molecule has 0 radical (unpaired) electrons. The molecule has 3 rings (SSSR count). The predicted molar refractivity (Wildman–Crippen MR) is 115 cm³/mol. The highest BCUT2D eigenvalue weighted by Gasteiger charge is 2.23. The average molecular weight is 451 g/mol. The molecule has 0 aromatic carbocycles. The van der Waals surface area contributed by atoms with Gasteiger partial charge in [0.25, 0.3) is 11.8 Å². The fourth-order valence-electron chi connectivity index (χ4n) is 2.74. The molecule has 8 nitrogen and oxygen atoms in total. The van der Waals surface area contributed by atoms with Crippen molar-refractivity contribution in [2.75, 3.05) is 0 Å². The molecular weight excluding hydrogens is 428 g/mol. The quantitative estimate of drug-likeness (QED) is 0.523. The Morgan fingerprint density at radius 1 is 0.828 bits per heavy atom. The van der Waals surface area contributed by atoms with Gasteiger partial charge in [0.1, 0.15) is 0 Å². The molecule has 2 atom stereocenters. The highest BCUT2D eigenvalue weighted by atomic mass is 32.2. The molecule has 11 heteroatoms. The van der Waals surface area contributed by atoms with Gasteiger partial charge in [-0.25, -0.2) is 9.36 Å². The fraction of sp³-hybridized carbons (Fsp3) is 0.444. The molecule has 0 saturated heterocycles. The van der Waals surface area contributed by atoms with Crippen LogP contribution in [0.5, 0.6) is 0 Å². The van der Waals surface area contributed by atoms with Crippen LogP contribution in [-0.4, -0.2) is 52.1 Å². The molecule has 0 aliphatic rings. The summed E-state index contributed by atoms with van der Waals surface area (Å²) >= 11 is 4.06. The highest BCUT2D eigenvalue weighted by molar-refractivity contribution is 8.04. The molecule has 0 fully saturated rings. The maximum Gasteiger partial charge on any atom is 0.260 e. The maximum absolute atomic E-state index is 12.6. The topological polar surface area (TPSA) is 95.6 Å². The summed E-state index contributed by atoms with van der Waals surface area (Å²) in [5, 5.41) is 16.1. The molecule has 0 spiro atoms. The number of aryl methyl sites for hydroxylation is 4. The lowest BCUT2D eigenvalue weighted by molar-refractivity contribution is 0.0889. The zero-order chi connectivity index (χ0) is 21.3. The van der Waals surface area contributed by atoms with Gasteiger partial charge in [-0.3, -0.25) is 9.59 Å². The van der Waals surface area contributed by atoms with E-state index in [1.54, 1.807) is 0 Å². The third-order valence-corrected chi connectivity index (χ3v) is 7.34. The molecule has 154 valence electrons. The molecule has 0 unspecified atom stereocenters. The Bertz CT molecular complexity index is 973. The van der Waals surface area contributed by atoms with Gasteiger partial charge in [0, 0.05) is 11.4 Å². The minimum atomic E-state index is -0.354. The van der Waals surface area contributed by atoms with Gasteiger partial charge in [0.2, 0.25) is 0 Å². The van der Waals surface area contributed by atoms with Gasteiger partial charge in [-0.15, -0.1) is 10.2 Å². The number of nitrogens with zero attached hydrogens (tertiary/aromatic N) is 6. The van der Waals surface area contributed by atoms with E-state index < -0.39 is 0 Å². The first-order valence-corrected chi connectivity index (χ1v) is 11.5. The summed E-state index contributed by atoms with van der Waals surface area (Å²) in [7, 11) is 0. The molecule has 3 heterocycles. The van der Waals surface area contributed by atoms with Crippen LogP contribution < -0.4 is 0 Å². The van der Waals surface area contributed by atoms with Gasteiger partial charge in [0.15, 0.2) is 8.68 Å².